The van der Waals surface area contributed by atoms with Crippen LogP contribution in [0.3, 0.4) is 0 Å². The van der Waals surface area contributed by atoms with Gasteiger partial charge in [-0.25, -0.2) is 0 Å². The highest BCUT2D eigenvalue weighted by Crippen LogP contribution is 2.45. The minimum Gasteiger partial charge on any atom is -0.507 e. The second kappa shape index (κ2) is 7.46. The molecular formula is C25H24O7. The monoisotopic (exact) mass is 436 g/mol. The molecule has 1 aliphatic rings. The van der Waals surface area contributed by atoms with Crippen LogP contribution in [0.1, 0.15) is 31.9 Å². The van der Waals surface area contributed by atoms with Gasteiger partial charge in [-0.05, 0) is 50.6 Å². The lowest BCUT2D eigenvalue weighted by atomic mass is 9.92. The van der Waals surface area contributed by atoms with Crippen molar-refractivity contribution in [1.29, 1.82) is 0 Å². The summed E-state index contributed by atoms with van der Waals surface area (Å²) in [4.78, 5) is 13.4. The molecule has 0 aliphatic carbocycles. The van der Waals surface area contributed by atoms with Crippen molar-refractivity contribution in [2.45, 2.75) is 38.9 Å². The molecule has 3 aromatic rings. The van der Waals surface area contributed by atoms with E-state index in [-0.39, 0.29) is 45.8 Å². The van der Waals surface area contributed by atoms with Crippen molar-refractivity contribution in [3.63, 3.8) is 0 Å². The first-order valence-electron chi connectivity index (χ1n) is 10.1. The first kappa shape index (κ1) is 21.5. The molecular weight excluding hydrogens is 412 g/mol. The molecule has 0 radical (unpaired) electrons. The number of rotatable bonds is 4. The Balaban J connectivity index is 2.04. The van der Waals surface area contributed by atoms with Crippen molar-refractivity contribution in [2.24, 2.45) is 0 Å². The molecule has 4 rings (SSSR count). The van der Waals surface area contributed by atoms with Crippen LogP contribution in [0.4, 0.5) is 0 Å². The van der Waals surface area contributed by atoms with Crippen molar-refractivity contribution in [3.05, 3.63) is 64.0 Å². The predicted molar refractivity (Wildman–Crippen MR) is 121 cm³/mol. The maximum absolute atomic E-state index is 13.4. The Hall–Kier alpha value is -3.71. The summed E-state index contributed by atoms with van der Waals surface area (Å²) in [6.45, 7) is 9.13. The van der Waals surface area contributed by atoms with E-state index in [0.29, 0.717) is 22.4 Å². The van der Waals surface area contributed by atoms with Crippen molar-refractivity contribution < 1.29 is 29.6 Å². The smallest absolute Gasteiger partial charge is 0.204 e. The van der Waals surface area contributed by atoms with Crippen LogP contribution in [0, 0.1) is 0 Å². The predicted octanol–water partition coefficient (Wildman–Crippen LogP) is 4.24. The quantitative estimate of drug-likeness (QED) is 0.357. The van der Waals surface area contributed by atoms with Gasteiger partial charge in [-0.1, -0.05) is 18.2 Å². The minimum atomic E-state index is -0.954. The van der Waals surface area contributed by atoms with E-state index in [4.69, 9.17) is 9.15 Å². The van der Waals surface area contributed by atoms with Gasteiger partial charge in [0.1, 0.15) is 28.7 Å². The summed E-state index contributed by atoms with van der Waals surface area (Å²) in [5.74, 6) is -0.720. The lowest BCUT2D eigenvalue weighted by Crippen LogP contribution is -2.29. The fourth-order valence-corrected chi connectivity index (χ4v) is 3.70. The van der Waals surface area contributed by atoms with Crippen molar-refractivity contribution in [2.75, 3.05) is 0 Å². The Kier molecular flexibility index (Phi) is 5.02. The molecule has 166 valence electrons. The van der Waals surface area contributed by atoms with Crippen LogP contribution in [0.2, 0.25) is 0 Å². The number of fused-ring (bicyclic) bond motifs is 3. The topological polar surface area (TPSA) is 120 Å². The highest BCUT2D eigenvalue weighted by atomic mass is 16.5. The lowest BCUT2D eigenvalue weighted by molar-refractivity contribution is 0.153. The molecule has 0 bridgehead atoms. The third-order valence-corrected chi connectivity index (χ3v) is 5.55. The van der Waals surface area contributed by atoms with Gasteiger partial charge in [0.2, 0.25) is 5.43 Å². The molecule has 1 aliphatic heterocycles. The van der Waals surface area contributed by atoms with Crippen LogP contribution in [-0.2, 0) is 6.42 Å². The second-order valence-corrected chi connectivity index (χ2v) is 8.56. The van der Waals surface area contributed by atoms with E-state index in [1.165, 1.54) is 24.5 Å². The standard InChI is InChI=1S/C25H24O7/c1-12(2)18(27)10-15-21(29)20-22(30)16(13-5-6-17(26)19(28)9-13)11-31-24(20)14-7-8-25(3,4)32-23(14)15/h5-9,11,18,26-29H,1,10H2,2-4H3/t18-/m1/s1. The number of aliphatic hydroxyl groups excluding tert-OH is 1. The van der Waals surface area contributed by atoms with E-state index in [2.05, 4.69) is 6.58 Å². The summed E-state index contributed by atoms with van der Waals surface area (Å²) in [7, 11) is 0. The highest BCUT2D eigenvalue weighted by molar-refractivity contribution is 5.97. The molecule has 7 nitrogen and oxygen atoms in total. The van der Waals surface area contributed by atoms with Crippen molar-refractivity contribution in [3.8, 4) is 34.1 Å². The summed E-state index contributed by atoms with van der Waals surface area (Å²) in [5, 5.41) is 40.9. The molecule has 32 heavy (non-hydrogen) atoms. The summed E-state index contributed by atoms with van der Waals surface area (Å²) < 4.78 is 11.9. The van der Waals surface area contributed by atoms with E-state index in [0.717, 1.165) is 0 Å². The van der Waals surface area contributed by atoms with Crippen LogP contribution in [0.5, 0.6) is 23.0 Å². The lowest BCUT2D eigenvalue weighted by Gasteiger charge is -2.30. The Morgan fingerprint density at radius 2 is 1.91 bits per heavy atom. The first-order chi connectivity index (χ1) is 15.0. The molecule has 2 aromatic carbocycles. The van der Waals surface area contributed by atoms with Gasteiger partial charge >= 0.3 is 0 Å². The number of benzene rings is 2. The zero-order valence-electron chi connectivity index (χ0n) is 18.0. The zero-order chi connectivity index (χ0) is 23.4. The van der Waals surface area contributed by atoms with Crippen LogP contribution in [0.25, 0.3) is 28.2 Å². The average molecular weight is 436 g/mol. The van der Waals surface area contributed by atoms with E-state index < -0.39 is 17.1 Å². The number of phenolic OH excluding ortho intramolecular Hbond substituents is 3. The van der Waals surface area contributed by atoms with Gasteiger partial charge in [0, 0.05) is 12.0 Å². The summed E-state index contributed by atoms with van der Waals surface area (Å²) >= 11 is 0. The van der Waals surface area contributed by atoms with Crippen molar-refractivity contribution in [1.82, 2.24) is 0 Å². The fraction of sp³-hybridized carbons (Fsp3) is 0.240. The molecule has 2 heterocycles. The molecule has 0 fully saturated rings. The number of aliphatic hydroxyl groups is 1. The van der Waals surface area contributed by atoms with Crippen LogP contribution in [0.15, 0.2) is 51.9 Å². The molecule has 4 N–H and O–H groups in total. The Morgan fingerprint density at radius 3 is 2.56 bits per heavy atom. The van der Waals surface area contributed by atoms with Crippen LogP contribution < -0.4 is 10.2 Å². The molecule has 0 saturated heterocycles. The van der Waals surface area contributed by atoms with Gasteiger partial charge in [-0.3, -0.25) is 4.79 Å². The van der Waals surface area contributed by atoms with E-state index in [1.807, 2.05) is 19.9 Å². The number of aromatic hydroxyl groups is 3. The number of phenols is 3. The normalized spacial score (nSPS) is 15.2. The van der Waals surface area contributed by atoms with Gasteiger partial charge in [-0.15, -0.1) is 0 Å². The maximum Gasteiger partial charge on any atom is 0.204 e. The molecule has 0 saturated carbocycles. The number of ether oxygens (including phenoxy) is 1. The largest absolute Gasteiger partial charge is 0.507 e. The van der Waals surface area contributed by atoms with Crippen LogP contribution in [-0.4, -0.2) is 32.1 Å². The summed E-state index contributed by atoms with van der Waals surface area (Å²) in [6, 6.07) is 3.95. The fourth-order valence-electron chi connectivity index (χ4n) is 3.70. The molecule has 0 spiro atoms. The Labute approximate surface area is 184 Å². The SMILES string of the molecule is C=C(C)[C@H](O)Cc1c2c(c3occ(-c4ccc(O)c(O)c4)c(=O)c3c1O)C=CC(C)(C)O2. The third-order valence-electron chi connectivity index (χ3n) is 5.55. The number of hydrogen-bond acceptors (Lipinski definition) is 7. The Morgan fingerprint density at radius 1 is 1.19 bits per heavy atom. The van der Waals surface area contributed by atoms with Crippen LogP contribution >= 0.6 is 0 Å². The molecule has 7 heteroatoms. The molecule has 0 unspecified atom stereocenters. The van der Waals surface area contributed by atoms with E-state index >= 15 is 0 Å². The highest BCUT2D eigenvalue weighted by Gasteiger charge is 2.31. The summed E-state index contributed by atoms with van der Waals surface area (Å²) in [6.07, 6.45) is 3.87. The van der Waals surface area contributed by atoms with Gasteiger partial charge in [0.15, 0.2) is 17.1 Å². The second-order valence-electron chi connectivity index (χ2n) is 8.56. The zero-order valence-corrected chi connectivity index (χ0v) is 18.0. The Bertz CT molecular complexity index is 1340. The summed E-state index contributed by atoms with van der Waals surface area (Å²) in [5.41, 5.74) is 0.622. The van der Waals surface area contributed by atoms with Gasteiger partial charge < -0.3 is 29.6 Å². The molecule has 0 amide bonds. The minimum absolute atomic E-state index is 0.00692. The maximum atomic E-state index is 13.4. The van der Waals surface area contributed by atoms with Crippen molar-refractivity contribution >= 4 is 17.0 Å². The third kappa shape index (κ3) is 3.50. The van der Waals surface area contributed by atoms with Gasteiger partial charge in [-0.2, -0.15) is 0 Å². The molecule has 1 aromatic heterocycles. The van der Waals surface area contributed by atoms with E-state index in [1.54, 1.807) is 13.0 Å². The number of hydrogen-bond donors (Lipinski definition) is 4. The van der Waals surface area contributed by atoms with Gasteiger partial charge in [0.25, 0.3) is 0 Å². The molecule has 1 atom stereocenters. The first-order valence-corrected chi connectivity index (χ1v) is 10.1. The van der Waals surface area contributed by atoms with E-state index in [9.17, 15) is 25.2 Å². The average Bonchev–Trinajstić information content (AvgIpc) is 2.72. The van der Waals surface area contributed by atoms with Gasteiger partial charge in [0.05, 0.1) is 17.2 Å².